The fraction of sp³-hybridized carbons (Fsp3) is 0.636. The maximum absolute atomic E-state index is 12.8. The van der Waals surface area contributed by atoms with Crippen LogP contribution in [0.5, 0.6) is 0 Å². The van der Waals surface area contributed by atoms with E-state index in [1.165, 1.54) is 5.57 Å². The zero-order valence-electron chi connectivity index (χ0n) is 15.7. The van der Waals surface area contributed by atoms with Crippen molar-refractivity contribution in [1.82, 2.24) is 0 Å². The fourth-order valence-electron chi connectivity index (χ4n) is 6.53. The van der Waals surface area contributed by atoms with Crippen molar-refractivity contribution in [2.24, 2.45) is 28.6 Å². The van der Waals surface area contributed by atoms with Gasteiger partial charge in [-0.1, -0.05) is 25.5 Å². The van der Waals surface area contributed by atoms with Crippen LogP contribution >= 0.6 is 0 Å². The molecule has 25 heavy (non-hydrogen) atoms. The first-order valence-corrected chi connectivity index (χ1v) is 9.54. The van der Waals surface area contributed by atoms with Gasteiger partial charge < -0.3 is 4.74 Å². The summed E-state index contributed by atoms with van der Waals surface area (Å²) in [7, 11) is 1.67. The number of Topliss-reactive ketones (excluding diaryl/α,β-unsaturated/α-hetero) is 1. The Hall–Kier alpha value is -1.64. The zero-order chi connectivity index (χ0) is 18.0. The summed E-state index contributed by atoms with van der Waals surface area (Å²) in [4.78, 5) is 24.6. The summed E-state index contributed by atoms with van der Waals surface area (Å²) in [5.74, 6) is 2.70. The molecule has 0 aliphatic heterocycles. The van der Waals surface area contributed by atoms with Gasteiger partial charge in [0.05, 0.1) is 12.9 Å². The Kier molecular flexibility index (Phi) is 3.65. The van der Waals surface area contributed by atoms with E-state index in [9.17, 15) is 9.59 Å². The van der Waals surface area contributed by atoms with Crippen LogP contribution in [0.3, 0.4) is 0 Å². The predicted octanol–water partition coefficient (Wildman–Crippen LogP) is 4.39. The Labute approximate surface area is 150 Å². The molecular weight excluding hydrogens is 312 g/mol. The molecule has 3 unspecified atom stereocenters. The van der Waals surface area contributed by atoms with Crippen LogP contribution in [0.1, 0.15) is 52.9 Å². The van der Waals surface area contributed by atoms with Gasteiger partial charge in [0.25, 0.3) is 0 Å². The van der Waals surface area contributed by atoms with E-state index < -0.39 is 0 Å². The van der Waals surface area contributed by atoms with Crippen LogP contribution in [-0.2, 0) is 14.3 Å². The number of hydrogen-bond acceptors (Lipinski definition) is 3. The molecule has 3 heteroatoms. The molecule has 0 heterocycles. The molecule has 134 valence electrons. The van der Waals surface area contributed by atoms with Crippen molar-refractivity contribution in [1.29, 1.82) is 0 Å². The van der Waals surface area contributed by atoms with Crippen molar-refractivity contribution in [2.45, 2.75) is 52.9 Å². The van der Waals surface area contributed by atoms with Crippen molar-refractivity contribution in [2.75, 3.05) is 7.11 Å². The van der Waals surface area contributed by atoms with Gasteiger partial charge in [0.1, 0.15) is 0 Å². The van der Waals surface area contributed by atoms with Crippen molar-refractivity contribution in [3.63, 3.8) is 0 Å². The summed E-state index contributed by atoms with van der Waals surface area (Å²) in [5, 5.41) is 0. The predicted molar refractivity (Wildman–Crippen MR) is 96.7 cm³/mol. The summed E-state index contributed by atoms with van der Waals surface area (Å²) < 4.78 is 5.47. The average Bonchev–Trinajstić information content (AvgIpc) is 2.85. The third kappa shape index (κ3) is 2.17. The van der Waals surface area contributed by atoms with Gasteiger partial charge in [0, 0.05) is 22.8 Å². The Morgan fingerprint density at radius 2 is 1.96 bits per heavy atom. The highest BCUT2D eigenvalue weighted by atomic mass is 16.5. The molecule has 0 amide bonds. The van der Waals surface area contributed by atoms with Crippen LogP contribution in [0.15, 0.2) is 35.1 Å². The second-order valence-corrected chi connectivity index (χ2v) is 8.82. The molecule has 0 N–H and O–H groups in total. The quantitative estimate of drug-likeness (QED) is 0.525. The molecule has 0 aromatic heterocycles. The number of fused-ring (bicyclic) bond motifs is 5. The summed E-state index contributed by atoms with van der Waals surface area (Å²) in [6.07, 6.45) is 10.6. The molecule has 0 radical (unpaired) electrons. The van der Waals surface area contributed by atoms with Gasteiger partial charge in [-0.3, -0.25) is 9.59 Å². The lowest BCUT2D eigenvalue weighted by Gasteiger charge is -2.56. The van der Waals surface area contributed by atoms with E-state index in [1.54, 1.807) is 13.2 Å². The molecule has 4 aliphatic carbocycles. The lowest BCUT2D eigenvalue weighted by atomic mass is 9.48. The minimum atomic E-state index is -0.0515. The molecule has 4 rings (SSSR count). The lowest BCUT2D eigenvalue weighted by Crippen LogP contribution is -2.48. The zero-order valence-corrected chi connectivity index (χ0v) is 15.7. The smallest absolute Gasteiger partial charge is 0.178 e. The number of hydrogen-bond donors (Lipinski definition) is 0. The highest BCUT2D eigenvalue weighted by molar-refractivity contribution is 6.01. The maximum atomic E-state index is 12.8. The first-order valence-electron chi connectivity index (χ1n) is 9.54. The monoisotopic (exact) mass is 340 g/mol. The largest absolute Gasteiger partial charge is 0.501 e. The number of rotatable bonds is 1. The summed E-state index contributed by atoms with van der Waals surface area (Å²) >= 11 is 0. The van der Waals surface area contributed by atoms with Gasteiger partial charge in [-0.2, -0.15) is 0 Å². The number of carbonyl (C=O) groups excluding carboxylic acids is 2. The molecular formula is C22H28O3. The maximum Gasteiger partial charge on any atom is 0.178 e. The van der Waals surface area contributed by atoms with E-state index in [2.05, 4.69) is 19.9 Å². The number of methoxy groups -OCH3 is 1. The van der Waals surface area contributed by atoms with E-state index in [1.807, 2.05) is 13.0 Å². The average molecular weight is 340 g/mol. The molecule has 3 fully saturated rings. The highest BCUT2D eigenvalue weighted by Gasteiger charge is 2.59. The molecule has 4 aliphatic rings. The summed E-state index contributed by atoms with van der Waals surface area (Å²) in [5.41, 5.74) is 2.19. The molecule has 0 saturated heterocycles. The van der Waals surface area contributed by atoms with Crippen LogP contribution in [0, 0.1) is 28.6 Å². The summed E-state index contributed by atoms with van der Waals surface area (Å²) in [6.45, 7) is 6.52. The van der Waals surface area contributed by atoms with Gasteiger partial charge in [0.15, 0.2) is 11.6 Å². The third-order valence-electron chi connectivity index (χ3n) is 7.86. The number of carbonyl (C=O) groups is 2. The first kappa shape index (κ1) is 16.8. The molecule has 0 spiro atoms. The van der Waals surface area contributed by atoms with E-state index in [0.717, 1.165) is 37.0 Å². The topological polar surface area (TPSA) is 43.4 Å². The number of ether oxygens (including phenoxy) is 1. The van der Waals surface area contributed by atoms with Gasteiger partial charge >= 0.3 is 0 Å². The molecule has 0 aromatic rings. The van der Waals surface area contributed by atoms with Crippen molar-refractivity contribution >= 4 is 11.6 Å². The van der Waals surface area contributed by atoms with Gasteiger partial charge in [0.2, 0.25) is 0 Å². The lowest BCUT2D eigenvalue weighted by molar-refractivity contribution is -0.115. The number of ketones is 2. The third-order valence-corrected chi connectivity index (χ3v) is 7.86. The Bertz CT molecular complexity index is 740. The summed E-state index contributed by atoms with van der Waals surface area (Å²) in [6, 6.07) is 0. The molecule has 3 saturated carbocycles. The van der Waals surface area contributed by atoms with Crippen LogP contribution in [0.2, 0.25) is 0 Å². The van der Waals surface area contributed by atoms with Gasteiger partial charge in [-0.15, -0.1) is 0 Å². The Balaban J connectivity index is 1.74. The van der Waals surface area contributed by atoms with E-state index in [0.29, 0.717) is 24.2 Å². The van der Waals surface area contributed by atoms with Crippen LogP contribution in [-0.4, -0.2) is 18.7 Å². The van der Waals surface area contributed by atoms with Crippen LogP contribution < -0.4 is 0 Å². The minimum Gasteiger partial charge on any atom is -0.501 e. The first-order chi connectivity index (χ1) is 11.8. The molecule has 0 aromatic carbocycles. The second kappa shape index (κ2) is 5.43. The van der Waals surface area contributed by atoms with Crippen molar-refractivity contribution in [3.8, 4) is 0 Å². The second-order valence-electron chi connectivity index (χ2n) is 8.82. The van der Waals surface area contributed by atoms with Crippen LogP contribution in [0.4, 0.5) is 0 Å². The standard InChI is InChI=1S/C22H28O3/c1-13(25-4)20-19(24)12-18-16-6-5-14-11-15(23)7-9-21(14,2)17(16)8-10-22(18,20)3/h7,9,11,16-18H,5-6,8,10,12H2,1-4H3/b20-13-/t16?,17?,18?,21-,22-/m0/s1. The van der Waals surface area contributed by atoms with E-state index in [-0.39, 0.29) is 22.4 Å². The highest BCUT2D eigenvalue weighted by Crippen LogP contribution is 2.65. The van der Waals surface area contributed by atoms with Crippen molar-refractivity contribution in [3.05, 3.63) is 35.1 Å². The molecule has 3 nitrogen and oxygen atoms in total. The van der Waals surface area contributed by atoms with Crippen molar-refractivity contribution < 1.29 is 14.3 Å². The SMILES string of the molecule is CO/C(C)=C1/C(=O)CC2C3CCC4=CC(=O)C=C[C@]4(C)C3CC[C@]12C. The van der Waals surface area contributed by atoms with E-state index >= 15 is 0 Å². The van der Waals surface area contributed by atoms with Gasteiger partial charge in [-0.25, -0.2) is 0 Å². The van der Waals surface area contributed by atoms with Crippen LogP contribution in [0.25, 0.3) is 0 Å². The molecule has 0 bridgehead atoms. The Morgan fingerprint density at radius 1 is 1.20 bits per heavy atom. The Morgan fingerprint density at radius 3 is 2.68 bits per heavy atom. The molecule has 5 atom stereocenters. The van der Waals surface area contributed by atoms with E-state index in [4.69, 9.17) is 4.74 Å². The fourth-order valence-corrected chi connectivity index (χ4v) is 6.53. The van der Waals surface area contributed by atoms with Gasteiger partial charge in [-0.05, 0) is 62.5 Å². The normalized spacial score (nSPS) is 44.6. The number of allylic oxidation sites excluding steroid dienone is 6. The minimum absolute atomic E-state index is 0.00995.